The number of nitrogens with two attached hydrogens (primary N) is 1. The van der Waals surface area contributed by atoms with Gasteiger partial charge < -0.3 is 10.7 Å². The number of thioether (sulfide) groups is 1. The number of nitrogen functional groups attached to an aromatic ring is 1. The molecule has 0 bridgehead atoms. The van der Waals surface area contributed by atoms with Crippen LogP contribution in [-0.4, -0.2) is 45.2 Å². The van der Waals surface area contributed by atoms with Gasteiger partial charge in [0.25, 0.3) is 5.56 Å². The van der Waals surface area contributed by atoms with Crippen molar-refractivity contribution in [3.05, 3.63) is 16.0 Å². The Bertz CT molecular complexity index is 416. The minimum absolute atomic E-state index is 0.287. The van der Waals surface area contributed by atoms with Gasteiger partial charge in [0.2, 0.25) is 5.16 Å². The van der Waals surface area contributed by atoms with Crippen LogP contribution in [0.15, 0.2) is 9.95 Å². The molecule has 1 heterocycles. The maximum absolute atomic E-state index is 11.5. The molecular weight excluding hydrogens is 238 g/mol. The first-order valence-electron chi connectivity index (χ1n) is 5.66. The molecule has 0 aromatic carbocycles. The van der Waals surface area contributed by atoms with Gasteiger partial charge in [-0.3, -0.25) is 4.79 Å². The lowest BCUT2D eigenvalue weighted by Gasteiger charge is -2.17. The summed E-state index contributed by atoms with van der Waals surface area (Å²) in [5, 5.41) is 8.16. The van der Waals surface area contributed by atoms with Crippen molar-refractivity contribution in [1.82, 2.24) is 19.8 Å². The predicted molar refractivity (Wildman–Crippen MR) is 69.7 cm³/mol. The zero-order valence-corrected chi connectivity index (χ0v) is 11.3. The average Bonchev–Trinajstić information content (AvgIpc) is 2.34. The van der Waals surface area contributed by atoms with Crippen molar-refractivity contribution in [3.63, 3.8) is 0 Å². The lowest BCUT2D eigenvalue weighted by atomic mass is 10.5. The molecule has 6 nitrogen and oxygen atoms in total. The molecule has 1 aromatic heterocycles. The van der Waals surface area contributed by atoms with E-state index in [1.165, 1.54) is 11.8 Å². The molecule has 1 aromatic rings. The number of hydrogen-bond acceptors (Lipinski definition) is 6. The van der Waals surface area contributed by atoms with Crippen molar-refractivity contribution in [2.75, 3.05) is 31.2 Å². The highest BCUT2D eigenvalue weighted by atomic mass is 32.2. The summed E-state index contributed by atoms with van der Waals surface area (Å²) in [5.41, 5.74) is 0.0333. The van der Waals surface area contributed by atoms with Crippen molar-refractivity contribution < 1.29 is 0 Å². The van der Waals surface area contributed by atoms with Crippen LogP contribution in [0.1, 0.15) is 19.5 Å². The topological polar surface area (TPSA) is 77.0 Å². The van der Waals surface area contributed by atoms with E-state index in [9.17, 15) is 4.79 Å². The molecule has 0 saturated carbocycles. The highest BCUT2D eigenvalue weighted by Gasteiger charge is 2.07. The van der Waals surface area contributed by atoms with Gasteiger partial charge in [0, 0.05) is 12.3 Å². The Hall–Kier alpha value is -1.08. The Morgan fingerprint density at radius 2 is 2.00 bits per heavy atom. The summed E-state index contributed by atoms with van der Waals surface area (Å²) in [4.78, 5) is 13.8. The van der Waals surface area contributed by atoms with Crippen LogP contribution in [0.5, 0.6) is 0 Å². The molecule has 0 radical (unpaired) electrons. The number of nitrogens with zero attached hydrogens (tertiary/aromatic N) is 4. The normalized spacial score (nSPS) is 11.1. The molecule has 0 atom stereocenters. The van der Waals surface area contributed by atoms with Gasteiger partial charge in [0.1, 0.15) is 5.69 Å². The van der Waals surface area contributed by atoms with Crippen LogP contribution in [-0.2, 0) is 0 Å². The Kier molecular flexibility index (Phi) is 5.43. The molecule has 0 fully saturated rings. The van der Waals surface area contributed by atoms with Crippen molar-refractivity contribution in [3.8, 4) is 0 Å². The summed E-state index contributed by atoms with van der Waals surface area (Å²) in [5.74, 6) is 6.48. The van der Waals surface area contributed by atoms with E-state index in [4.69, 9.17) is 5.84 Å². The first-order valence-corrected chi connectivity index (χ1v) is 6.65. The summed E-state index contributed by atoms with van der Waals surface area (Å²) in [6, 6.07) is 0. The van der Waals surface area contributed by atoms with Crippen LogP contribution in [0.25, 0.3) is 0 Å². The number of aromatic nitrogens is 3. The third kappa shape index (κ3) is 3.71. The van der Waals surface area contributed by atoms with Gasteiger partial charge in [-0.25, -0.2) is 0 Å². The Morgan fingerprint density at radius 3 is 2.59 bits per heavy atom. The first kappa shape index (κ1) is 14.0. The standard InChI is InChI=1S/C10H19N5OS/c1-4-14(5-2)6-7-17-10-13-12-8(3)9(16)15(10)11/h4-7,11H2,1-3H3. The van der Waals surface area contributed by atoms with E-state index in [1.807, 2.05) is 0 Å². The fraction of sp³-hybridized carbons (Fsp3) is 0.700. The summed E-state index contributed by atoms with van der Waals surface area (Å²) >= 11 is 1.45. The summed E-state index contributed by atoms with van der Waals surface area (Å²) in [6.45, 7) is 8.83. The minimum atomic E-state index is -0.287. The molecule has 0 aliphatic rings. The van der Waals surface area contributed by atoms with Crippen LogP contribution in [0, 0.1) is 6.92 Å². The second kappa shape index (κ2) is 6.61. The molecule has 7 heteroatoms. The number of rotatable bonds is 6. The maximum atomic E-state index is 11.5. The van der Waals surface area contributed by atoms with Crippen LogP contribution in [0.2, 0.25) is 0 Å². The van der Waals surface area contributed by atoms with E-state index in [2.05, 4.69) is 28.9 Å². The molecule has 0 aliphatic heterocycles. The van der Waals surface area contributed by atoms with Crippen LogP contribution in [0.4, 0.5) is 0 Å². The van der Waals surface area contributed by atoms with E-state index >= 15 is 0 Å². The lowest BCUT2D eigenvalue weighted by molar-refractivity contribution is 0.323. The van der Waals surface area contributed by atoms with Gasteiger partial charge in [0.15, 0.2) is 0 Å². The molecule has 0 amide bonds. The molecular formula is C10H19N5OS. The summed E-state index contributed by atoms with van der Waals surface area (Å²) in [7, 11) is 0. The third-order valence-corrected chi connectivity index (χ3v) is 3.48. The average molecular weight is 257 g/mol. The Balaban J connectivity index is 2.59. The Morgan fingerprint density at radius 1 is 1.35 bits per heavy atom. The largest absolute Gasteiger partial charge is 0.334 e. The van der Waals surface area contributed by atoms with Gasteiger partial charge in [-0.05, 0) is 20.0 Å². The van der Waals surface area contributed by atoms with Crippen molar-refractivity contribution in [2.45, 2.75) is 25.9 Å². The smallest absolute Gasteiger partial charge is 0.294 e. The maximum Gasteiger partial charge on any atom is 0.294 e. The molecule has 96 valence electrons. The van der Waals surface area contributed by atoms with Gasteiger partial charge in [-0.15, -0.1) is 10.2 Å². The van der Waals surface area contributed by atoms with Gasteiger partial charge in [-0.1, -0.05) is 25.6 Å². The molecule has 17 heavy (non-hydrogen) atoms. The second-order valence-corrected chi connectivity index (χ2v) is 4.68. The monoisotopic (exact) mass is 257 g/mol. The Labute approximate surface area is 105 Å². The highest BCUT2D eigenvalue weighted by Crippen LogP contribution is 2.11. The minimum Gasteiger partial charge on any atom is -0.334 e. The summed E-state index contributed by atoms with van der Waals surface area (Å²) < 4.78 is 1.06. The van der Waals surface area contributed by atoms with Gasteiger partial charge in [0.05, 0.1) is 0 Å². The molecule has 0 saturated heterocycles. The van der Waals surface area contributed by atoms with E-state index in [1.54, 1.807) is 6.92 Å². The van der Waals surface area contributed by atoms with E-state index < -0.39 is 0 Å². The fourth-order valence-electron chi connectivity index (χ4n) is 1.37. The van der Waals surface area contributed by atoms with E-state index in [0.29, 0.717) is 10.9 Å². The zero-order valence-electron chi connectivity index (χ0n) is 10.5. The van der Waals surface area contributed by atoms with Crippen LogP contribution in [0.3, 0.4) is 0 Å². The highest BCUT2D eigenvalue weighted by molar-refractivity contribution is 7.99. The predicted octanol–water partition coefficient (Wildman–Crippen LogP) is 0.0944. The molecule has 0 aliphatic carbocycles. The van der Waals surface area contributed by atoms with E-state index in [-0.39, 0.29) is 5.56 Å². The lowest BCUT2D eigenvalue weighted by Crippen LogP contribution is -2.32. The van der Waals surface area contributed by atoms with E-state index in [0.717, 1.165) is 30.1 Å². The first-order chi connectivity index (χ1) is 8.10. The third-order valence-electron chi connectivity index (χ3n) is 2.55. The molecule has 0 unspecified atom stereocenters. The SMILES string of the molecule is CCN(CC)CCSc1nnc(C)c(=O)n1N. The van der Waals surface area contributed by atoms with Crippen LogP contribution < -0.4 is 11.4 Å². The quantitative estimate of drug-likeness (QED) is 0.575. The van der Waals surface area contributed by atoms with Crippen molar-refractivity contribution in [2.24, 2.45) is 0 Å². The van der Waals surface area contributed by atoms with Gasteiger partial charge in [-0.2, -0.15) is 4.68 Å². The number of aryl methyl sites for hydroxylation is 1. The second-order valence-electron chi connectivity index (χ2n) is 3.62. The van der Waals surface area contributed by atoms with Crippen molar-refractivity contribution in [1.29, 1.82) is 0 Å². The number of hydrogen-bond donors (Lipinski definition) is 1. The van der Waals surface area contributed by atoms with Crippen molar-refractivity contribution >= 4 is 11.8 Å². The van der Waals surface area contributed by atoms with Crippen LogP contribution >= 0.6 is 11.8 Å². The molecule has 2 N–H and O–H groups in total. The fourth-order valence-corrected chi connectivity index (χ4v) is 2.23. The van der Waals surface area contributed by atoms with Gasteiger partial charge >= 0.3 is 0 Å². The molecule has 1 rings (SSSR count). The summed E-state index contributed by atoms with van der Waals surface area (Å²) in [6.07, 6.45) is 0. The molecule has 0 spiro atoms. The zero-order chi connectivity index (χ0) is 12.8.